The molecule has 0 aliphatic heterocycles. The van der Waals surface area contributed by atoms with Crippen LogP contribution in [0.4, 0.5) is 0 Å². The van der Waals surface area contributed by atoms with Gasteiger partial charge in [-0.15, -0.1) is 0 Å². The molecule has 96 valence electrons. The summed E-state index contributed by atoms with van der Waals surface area (Å²) < 4.78 is 0. The van der Waals surface area contributed by atoms with Gasteiger partial charge in [0, 0.05) is 13.0 Å². The SMILES string of the molecule is CC(C(N)=S)N(C)C(=O)C1Cc2ccccc2C1. The van der Waals surface area contributed by atoms with Gasteiger partial charge < -0.3 is 10.6 Å². The lowest BCUT2D eigenvalue weighted by Crippen LogP contribution is -2.45. The van der Waals surface area contributed by atoms with E-state index in [0.717, 1.165) is 12.8 Å². The van der Waals surface area contributed by atoms with Gasteiger partial charge in [0.15, 0.2) is 0 Å². The van der Waals surface area contributed by atoms with E-state index < -0.39 is 0 Å². The maximum atomic E-state index is 12.4. The van der Waals surface area contributed by atoms with Crippen LogP contribution >= 0.6 is 12.2 Å². The molecule has 1 aromatic carbocycles. The maximum Gasteiger partial charge on any atom is 0.226 e. The zero-order valence-corrected chi connectivity index (χ0v) is 11.5. The largest absolute Gasteiger partial charge is 0.392 e. The van der Waals surface area contributed by atoms with Gasteiger partial charge in [0.1, 0.15) is 0 Å². The highest BCUT2D eigenvalue weighted by molar-refractivity contribution is 7.80. The van der Waals surface area contributed by atoms with Gasteiger partial charge in [0.05, 0.1) is 11.0 Å². The lowest BCUT2D eigenvalue weighted by Gasteiger charge is -2.26. The molecule has 18 heavy (non-hydrogen) atoms. The Balaban J connectivity index is 2.07. The smallest absolute Gasteiger partial charge is 0.226 e. The van der Waals surface area contributed by atoms with Crippen LogP contribution < -0.4 is 5.73 Å². The molecule has 1 aliphatic rings. The van der Waals surface area contributed by atoms with Crippen molar-refractivity contribution in [3.8, 4) is 0 Å². The Labute approximate surface area is 113 Å². The van der Waals surface area contributed by atoms with Crippen molar-refractivity contribution in [3.63, 3.8) is 0 Å². The fourth-order valence-corrected chi connectivity index (χ4v) is 2.56. The van der Waals surface area contributed by atoms with Gasteiger partial charge in [0.25, 0.3) is 0 Å². The van der Waals surface area contributed by atoms with Crippen LogP contribution in [-0.2, 0) is 17.6 Å². The summed E-state index contributed by atoms with van der Waals surface area (Å²) in [5.74, 6) is 0.163. The van der Waals surface area contributed by atoms with Gasteiger partial charge in [-0.3, -0.25) is 4.79 Å². The Hall–Kier alpha value is -1.42. The molecule has 0 bridgehead atoms. The Morgan fingerprint density at radius 1 is 1.39 bits per heavy atom. The van der Waals surface area contributed by atoms with Crippen LogP contribution in [0.15, 0.2) is 24.3 Å². The molecule has 0 radical (unpaired) electrons. The molecule has 0 saturated heterocycles. The number of carbonyl (C=O) groups is 1. The van der Waals surface area contributed by atoms with Gasteiger partial charge in [-0.05, 0) is 30.9 Å². The Morgan fingerprint density at radius 2 is 1.89 bits per heavy atom. The van der Waals surface area contributed by atoms with Crippen molar-refractivity contribution in [1.29, 1.82) is 0 Å². The molecule has 1 aromatic rings. The van der Waals surface area contributed by atoms with Crippen LogP contribution in [0.2, 0.25) is 0 Å². The Bertz CT molecular complexity index is 461. The third-order valence-corrected chi connectivity index (χ3v) is 4.08. The van der Waals surface area contributed by atoms with Crippen molar-refractivity contribution in [1.82, 2.24) is 4.90 Å². The maximum absolute atomic E-state index is 12.4. The highest BCUT2D eigenvalue weighted by Gasteiger charge is 2.31. The second-order valence-electron chi connectivity index (χ2n) is 4.90. The van der Waals surface area contributed by atoms with Crippen molar-refractivity contribution < 1.29 is 4.79 Å². The number of nitrogens with zero attached hydrogens (tertiary/aromatic N) is 1. The fourth-order valence-electron chi connectivity index (χ4n) is 2.40. The topological polar surface area (TPSA) is 46.3 Å². The molecule has 2 N–H and O–H groups in total. The van der Waals surface area contributed by atoms with Crippen molar-refractivity contribution >= 4 is 23.1 Å². The first-order valence-electron chi connectivity index (χ1n) is 6.13. The molecule has 1 unspecified atom stereocenters. The fraction of sp³-hybridized carbons (Fsp3) is 0.429. The summed E-state index contributed by atoms with van der Waals surface area (Å²) in [5.41, 5.74) is 8.16. The van der Waals surface area contributed by atoms with Crippen LogP contribution in [0.25, 0.3) is 0 Å². The van der Waals surface area contributed by atoms with E-state index in [1.807, 2.05) is 19.1 Å². The lowest BCUT2D eigenvalue weighted by atomic mass is 10.0. The standard InChI is InChI=1S/C14H18N2OS/c1-9(13(15)18)16(2)14(17)12-7-10-5-3-4-6-11(10)8-12/h3-6,9,12H,7-8H2,1-2H3,(H2,15,18). The van der Waals surface area contributed by atoms with Crippen molar-refractivity contribution in [2.24, 2.45) is 11.7 Å². The van der Waals surface area contributed by atoms with E-state index in [0.29, 0.717) is 4.99 Å². The number of thiocarbonyl (C=S) groups is 1. The van der Waals surface area contributed by atoms with E-state index in [1.165, 1.54) is 11.1 Å². The molecule has 1 atom stereocenters. The van der Waals surface area contributed by atoms with E-state index >= 15 is 0 Å². The average molecular weight is 262 g/mol. The first-order chi connectivity index (χ1) is 8.50. The quantitative estimate of drug-likeness (QED) is 0.840. The molecule has 0 fully saturated rings. The molecule has 0 heterocycles. The van der Waals surface area contributed by atoms with E-state index in [4.69, 9.17) is 18.0 Å². The summed E-state index contributed by atoms with van der Waals surface area (Å²) in [6.45, 7) is 1.86. The Kier molecular flexibility index (Phi) is 3.66. The highest BCUT2D eigenvalue weighted by atomic mass is 32.1. The van der Waals surface area contributed by atoms with Crippen LogP contribution in [0, 0.1) is 5.92 Å². The number of likely N-dealkylation sites (N-methyl/N-ethyl adjacent to an activating group) is 1. The van der Waals surface area contributed by atoms with Crippen LogP contribution in [-0.4, -0.2) is 28.9 Å². The molecule has 0 aromatic heterocycles. The Morgan fingerprint density at radius 3 is 2.33 bits per heavy atom. The minimum atomic E-state index is -0.184. The lowest BCUT2D eigenvalue weighted by molar-refractivity contribution is -0.134. The summed E-state index contributed by atoms with van der Waals surface area (Å²) in [7, 11) is 1.77. The summed E-state index contributed by atoms with van der Waals surface area (Å²) in [4.78, 5) is 14.4. The number of carbonyl (C=O) groups excluding carboxylic acids is 1. The van der Waals surface area contributed by atoms with Gasteiger partial charge >= 0.3 is 0 Å². The summed E-state index contributed by atoms with van der Waals surface area (Å²) in [6.07, 6.45) is 1.65. The molecular formula is C14H18N2OS. The average Bonchev–Trinajstić information content (AvgIpc) is 2.79. The van der Waals surface area contributed by atoms with E-state index in [9.17, 15) is 4.79 Å². The number of rotatable bonds is 3. The minimum absolute atomic E-state index is 0.0317. The monoisotopic (exact) mass is 262 g/mol. The van der Waals surface area contributed by atoms with Crippen LogP contribution in [0.3, 0.4) is 0 Å². The summed E-state index contributed by atoms with van der Waals surface area (Å²) >= 11 is 4.94. The van der Waals surface area contributed by atoms with E-state index in [1.54, 1.807) is 11.9 Å². The molecule has 4 heteroatoms. The number of fused-ring (bicyclic) bond motifs is 1. The predicted molar refractivity (Wildman–Crippen MR) is 76.4 cm³/mol. The van der Waals surface area contributed by atoms with Gasteiger partial charge in [-0.1, -0.05) is 36.5 Å². The third kappa shape index (κ3) is 2.38. The number of nitrogens with two attached hydrogens (primary N) is 1. The van der Waals surface area contributed by atoms with Gasteiger partial charge in [0.2, 0.25) is 5.91 Å². The van der Waals surface area contributed by atoms with Gasteiger partial charge in [-0.25, -0.2) is 0 Å². The zero-order valence-electron chi connectivity index (χ0n) is 10.7. The zero-order chi connectivity index (χ0) is 13.3. The van der Waals surface area contributed by atoms with Crippen LogP contribution in [0.5, 0.6) is 0 Å². The van der Waals surface area contributed by atoms with E-state index in [-0.39, 0.29) is 17.9 Å². The predicted octanol–water partition coefficient (Wildman–Crippen LogP) is 1.53. The second-order valence-corrected chi connectivity index (χ2v) is 5.37. The van der Waals surface area contributed by atoms with Crippen molar-refractivity contribution in [3.05, 3.63) is 35.4 Å². The minimum Gasteiger partial charge on any atom is -0.392 e. The third-order valence-electron chi connectivity index (χ3n) is 3.74. The molecule has 2 rings (SSSR count). The van der Waals surface area contributed by atoms with E-state index in [2.05, 4.69) is 12.1 Å². The molecule has 3 nitrogen and oxygen atoms in total. The molecule has 1 aliphatic carbocycles. The first-order valence-corrected chi connectivity index (χ1v) is 6.54. The number of hydrogen-bond acceptors (Lipinski definition) is 2. The molecule has 0 saturated carbocycles. The number of amides is 1. The summed E-state index contributed by atoms with van der Waals surface area (Å²) in [6, 6.07) is 8.05. The molecular weight excluding hydrogens is 244 g/mol. The van der Waals surface area contributed by atoms with Crippen molar-refractivity contribution in [2.75, 3.05) is 7.05 Å². The number of benzene rings is 1. The number of hydrogen-bond donors (Lipinski definition) is 1. The van der Waals surface area contributed by atoms with Crippen LogP contribution in [0.1, 0.15) is 18.1 Å². The normalized spacial score (nSPS) is 16.1. The first kappa shape index (κ1) is 13.0. The molecule has 0 spiro atoms. The summed E-state index contributed by atoms with van der Waals surface area (Å²) in [5, 5.41) is 0. The molecule has 1 amide bonds. The highest BCUT2D eigenvalue weighted by Crippen LogP contribution is 2.27. The van der Waals surface area contributed by atoms with Crippen molar-refractivity contribution in [2.45, 2.75) is 25.8 Å². The second kappa shape index (κ2) is 5.06. The van der Waals surface area contributed by atoms with Gasteiger partial charge in [-0.2, -0.15) is 0 Å².